The molecule has 1 atom stereocenters. The number of amidine groups is 1. The smallest absolute Gasteiger partial charge is 0.131 e. The molecule has 2 aliphatic heterocycles. The molecular formula is C32H34BrN3O. The fourth-order valence-electron chi connectivity index (χ4n) is 5.27. The molecule has 3 aromatic carbocycles. The monoisotopic (exact) mass is 555 g/mol. The van der Waals surface area contributed by atoms with E-state index in [1.807, 2.05) is 18.2 Å². The van der Waals surface area contributed by atoms with Gasteiger partial charge in [0.15, 0.2) is 0 Å². The molecule has 5 heteroatoms. The largest absolute Gasteiger partial charge is 0.507 e. The zero-order chi connectivity index (χ0) is 25.6. The van der Waals surface area contributed by atoms with E-state index in [1.54, 1.807) is 6.07 Å². The maximum atomic E-state index is 10.4. The first-order valence-corrected chi connectivity index (χ1v) is 14.0. The number of phenolic OH excluding ortho intramolecular Hbond substituents is 1. The van der Waals surface area contributed by atoms with Crippen LogP contribution in [0, 0.1) is 5.92 Å². The first-order valence-electron chi connectivity index (χ1n) is 13.3. The molecule has 2 aliphatic rings. The van der Waals surface area contributed by atoms with Gasteiger partial charge >= 0.3 is 0 Å². The molecular weight excluding hydrogens is 522 g/mol. The van der Waals surface area contributed by atoms with Gasteiger partial charge in [-0.2, -0.15) is 0 Å². The first kappa shape index (κ1) is 25.3. The number of nitrogens with zero attached hydrogens (tertiary/aromatic N) is 2. The average molecular weight is 557 g/mol. The summed E-state index contributed by atoms with van der Waals surface area (Å²) in [7, 11) is 0. The Morgan fingerprint density at radius 2 is 1.84 bits per heavy atom. The second kappa shape index (κ2) is 11.8. The molecule has 190 valence electrons. The standard InChI is InChI=1S/C32H34BrN3O/c1-2-9-23(20-24-16-17-25-11-3-4-12-26(25)21-24)10-7-18-34-31-22-29(27-13-5-6-15-30(27)37)35-32-28(33)14-8-19-36(31)32/h3-6,8,11-17,21-23,35,37H,2,7,9-10,18-20H2,1H3. The third kappa shape index (κ3) is 5.99. The average Bonchev–Trinajstić information content (AvgIpc) is 2.91. The van der Waals surface area contributed by atoms with Crippen molar-refractivity contribution in [1.29, 1.82) is 0 Å². The number of halogens is 1. The molecule has 0 saturated carbocycles. The number of fused-ring (bicyclic) bond motifs is 2. The summed E-state index contributed by atoms with van der Waals surface area (Å²) in [6, 6.07) is 22.9. The number of hydrogen-bond acceptors (Lipinski definition) is 3. The summed E-state index contributed by atoms with van der Waals surface area (Å²) in [5.41, 5.74) is 3.06. The zero-order valence-corrected chi connectivity index (χ0v) is 22.9. The summed E-state index contributed by atoms with van der Waals surface area (Å²) in [6.07, 6.45) is 12.0. The van der Waals surface area contributed by atoms with Crippen LogP contribution in [0.1, 0.15) is 43.7 Å². The fourth-order valence-corrected chi connectivity index (χ4v) is 5.77. The molecule has 2 N–H and O–H groups in total. The molecule has 0 radical (unpaired) electrons. The number of phenols is 1. The lowest BCUT2D eigenvalue weighted by atomic mass is 9.90. The second-order valence-corrected chi connectivity index (χ2v) is 10.7. The van der Waals surface area contributed by atoms with E-state index >= 15 is 0 Å². The van der Waals surface area contributed by atoms with E-state index in [0.29, 0.717) is 5.92 Å². The maximum absolute atomic E-state index is 10.4. The minimum absolute atomic E-state index is 0.258. The van der Waals surface area contributed by atoms with Crippen molar-refractivity contribution in [3.63, 3.8) is 0 Å². The molecule has 5 rings (SSSR count). The number of benzene rings is 3. The van der Waals surface area contributed by atoms with Crippen molar-refractivity contribution in [2.75, 3.05) is 13.1 Å². The van der Waals surface area contributed by atoms with E-state index in [0.717, 1.165) is 59.8 Å². The minimum Gasteiger partial charge on any atom is -0.507 e. The summed E-state index contributed by atoms with van der Waals surface area (Å²) in [6.45, 7) is 3.83. The number of para-hydroxylation sites is 1. The Morgan fingerprint density at radius 3 is 2.68 bits per heavy atom. The highest BCUT2D eigenvalue weighted by Gasteiger charge is 2.26. The molecule has 0 saturated heterocycles. The highest BCUT2D eigenvalue weighted by Crippen LogP contribution is 2.31. The third-order valence-electron chi connectivity index (χ3n) is 7.13. The van der Waals surface area contributed by atoms with Crippen LogP contribution in [0.2, 0.25) is 0 Å². The van der Waals surface area contributed by atoms with Crippen molar-refractivity contribution < 1.29 is 5.11 Å². The third-order valence-corrected chi connectivity index (χ3v) is 7.76. The van der Waals surface area contributed by atoms with Crippen molar-refractivity contribution in [2.24, 2.45) is 10.9 Å². The van der Waals surface area contributed by atoms with Crippen molar-refractivity contribution in [3.05, 3.63) is 106 Å². The summed E-state index contributed by atoms with van der Waals surface area (Å²) >= 11 is 3.68. The van der Waals surface area contributed by atoms with Gasteiger partial charge in [0.25, 0.3) is 0 Å². The van der Waals surface area contributed by atoms with Gasteiger partial charge in [0.2, 0.25) is 0 Å². The highest BCUT2D eigenvalue weighted by molar-refractivity contribution is 9.11. The summed E-state index contributed by atoms with van der Waals surface area (Å²) < 4.78 is 0.978. The van der Waals surface area contributed by atoms with E-state index in [-0.39, 0.29) is 5.75 Å². The van der Waals surface area contributed by atoms with E-state index in [2.05, 4.69) is 93.8 Å². The van der Waals surface area contributed by atoms with Gasteiger partial charge < -0.3 is 15.3 Å². The normalized spacial score (nSPS) is 17.1. The van der Waals surface area contributed by atoms with Gasteiger partial charge in [-0.25, -0.2) is 0 Å². The van der Waals surface area contributed by atoms with Gasteiger partial charge in [-0.15, -0.1) is 0 Å². The van der Waals surface area contributed by atoms with Gasteiger partial charge in [-0.05, 0) is 75.7 Å². The van der Waals surface area contributed by atoms with Crippen LogP contribution >= 0.6 is 15.9 Å². The van der Waals surface area contributed by atoms with Crippen LogP contribution in [0.25, 0.3) is 16.5 Å². The van der Waals surface area contributed by atoms with Gasteiger partial charge in [0.05, 0.1) is 10.2 Å². The van der Waals surface area contributed by atoms with Crippen molar-refractivity contribution in [2.45, 2.75) is 39.0 Å². The van der Waals surface area contributed by atoms with Crippen LogP contribution in [0.3, 0.4) is 0 Å². The van der Waals surface area contributed by atoms with Gasteiger partial charge in [0, 0.05) is 24.7 Å². The van der Waals surface area contributed by atoms with Crippen LogP contribution < -0.4 is 5.32 Å². The number of aromatic hydroxyl groups is 1. The van der Waals surface area contributed by atoms with Crippen molar-refractivity contribution in [1.82, 2.24) is 10.2 Å². The Balaban J connectivity index is 1.29. The van der Waals surface area contributed by atoms with Gasteiger partial charge in [-0.1, -0.05) is 80.4 Å². The van der Waals surface area contributed by atoms with Crippen LogP contribution in [-0.4, -0.2) is 28.9 Å². The Bertz CT molecular complexity index is 1390. The molecule has 0 spiro atoms. The highest BCUT2D eigenvalue weighted by atomic mass is 79.9. The SMILES string of the molecule is CCCC(CCCN=C1C=C(c2ccccc2O)NC2=C(Br)C=CCN12)Cc1ccc2ccccc2c1. The Morgan fingerprint density at radius 1 is 1.03 bits per heavy atom. The predicted octanol–water partition coefficient (Wildman–Crippen LogP) is 7.76. The lowest BCUT2D eigenvalue weighted by Gasteiger charge is -2.35. The quantitative estimate of drug-likeness (QED) is 0.265. The molecule has 0 bridgehead atoms. The molecule has 4 nitrogen and oxygen atoms in total. The molecule has 0 aromatic heterocycles. The van der Waals surface area contributed by atoms with E-state index in [1.165, 1.54) is 29.2 Å². The molecule has 0 aliphatic carbocycles. The number of hydrogen-bond donors (Lipinski definition) is 2. The summed E-state index contributed by atoms with van der Waals surface area (Å²) in [5.74, 6) is 2.81. The lowest BCUT2D eigenvalue weighted by molar-refractivity contribution is 0.431. The second-order valence-electron chi connectivity index (χ2n) is 9.83. The van der Waals surface area contributed by atoms with E-state index in [4.69, 9.17) is 4.99 Å². The number of nitrogens with one attached hydrogen (secondary N) is 1. The molecule has 2 heterocycles. The topological polar surface area (TPSA) is 47.9 Å². The maximum Gasteiger partial charge on any atom is 0.131 e. The van der Waals surface area contributed by atoms with E-state index in [9.17, 15) is 5.11 Å². The lowest BCUT2D eigenvalue weighted by Crippen LogP contribution is -2.41. The van der Waals surface area contributed by atoms with Crippen LogP contribution in [0.15, 0.2) is 100 Å². The predicted molar refractivity (Wildman–Crippen MR) is 159 cm³/mol. The van der Waals surface area contributed by atoms with Gasteiger partial charge in [0.1, 0.15) is 17.4 Å². The van der Waals surface area contributed by atoms with E-state index < -0.39 is 0 Å². The molecule has 0 amide bonds. The van der Waals surface area contributed by atoms with Crippen LogP contribution in [0.4, 0.5) is 0 Å². The Hall–Kier alpha value is -3.31. The number of aliphatic imine (C=N–C) groups is 1. The summed E-state index contributed by atoms with van der Waals surface area (Å²) in [4.78, 5) is 7.23. The first-order chi connectivity index (χ1) is 18.1. The fraction of sp³-hybridized carbons (Fsp3) is 0.281. The molecule has 1 unspecified atom stereocenters. The number of allylic oxidation sites excluding steroid dienone is 2. The Labute approximate surface area is 228 Å². The van der Waals surface area contributed by atoms with Crippen molar-refractivity contribution in [3.8, 4) is 5.75 Å². The van der Waals surface area contributed by atoms with Gasteiger partial charge in [-0.3, -0.25) is 4.99 Å². The molecule has 3 aromatic rings. The van der Waals surface area contributed by atoms with Crippen molar-refractivity contribution >= 4 is 38.2 Å². The molecule has 0 fully saturated rings. The Kier molecular flexibility index (Phi) is 8.10. The minimum atomic E-state index is 0.258. The zero-order valence-electron chi connectivity index (χ0n) is 21.3. The van der Waals surface area contributed by atoms with Crippen LogP contribution in [0.5, 0.6) is 5.75 Å². The van der Waals surface area contributed by atoms with Crippen LogP contribution in [-0.2, 0) is 6.42 Å². The number of rotatable bonds is 9. The molecule has 37 heavy (non-hydrogen) atoms. The summed E-state index contributed by atoms with van der Waals surface area (Å²) in [5, 5.41) is 16.6.